The highest BCUT2D eigenvalue weighted by Crippen LogP contribution is 2.23. The second-order valence-corrected chi connectivity index (χ2v) is 4.53. The van der Waals surface area contributed by atoms with E-state index in [1.807, 2.05) is 37.3 Å². The van der Waals surface area contributed by atoms with E-state index < -0.39 is 11.6 Å². The van der Waals surface area contributed by atoms with Crippen LogP contribution in [0.4, 0.5) is 0 Å². The van der Waals surface area contributed by atoms with E-state index in [4.69, 9.17) is 16.3 Å². The van der Waals surface area contributed by atoms with E-state index in [2.05, 4.69) is 18.3 Å². The average Bonchev–Trinajstić information content (AvgIpc) is 2.48. The average molecular weight is 256 g/mol. The van der Waals surface area contributed by atoms with Gasteiger partial charge in [-0.3, -0.25) is 5.32 Å². The molecule has 0 spiro atoms. The molecular formula is C15H20N4. The van der Waals surface area contributed by atoms with Gasteiger partial charge in [-0.1, -0.05) is 38.1 Å². The third kappa shape index (κ3) is 3.54. The number of hydrogen-bond acceptors (Lipinski definition) is 4. The maximum Gasteiger partial charge on any atom is 0.145 e. The van der Waals surface area contributed by atoms with Crippen molar-refractivity contribution < 1.29 is 0 Å². The van der Waals surface area contributed by atoms with Crippen LogP contribution in [0.3, 0.4) is 0 Å². The largest absolute Gasteiger partial charge is 0.310 e. The lowest BCUT2D eigenvalue weighted by Crippen LogP contribution is -2.51. The zero-order valence-electron chi connectivity index (χ0n) is 11.5. The first-order valence-electron chi connectivity index (χ1n) is 6.52. The Morgan fingerprint density at radius 1 is 1.26 bits per heavy atom. The van der Waals surface area contributed by atoms with Crippen LogP contribution in [0.5, 0.6) is 0 Å². The lowest BCUT2D eigenvalue weighted by atomic mass is 9.91. The summed E-state index contributed by atoms with van der Waals surface area (Å²) in [6.07, 6.45) is 1.59. The van der Waals surface area contributed by atoms with Gasteiger partial charge in [0.2, 0.25) is 0 Å². The molecule has 0 heterocycles. The molecule has 1 rings (SSSR count). The molecule has 1 atom stereocenters. The monoisotopic (exact) mass is 256 g/mol. The molecule has 0 bridgehead atoms. The summed E-state index contributed by atoms with van der Waals surface area (Å²) in [6.45, 7) is 4.35. The van der Waals surface area contributed by atoms with E-state index in [1.54, 1.807) is 0 Å². The second kappa shape index (κ2) is 6.89. The molecule has 0 aliphatic heterocycles. The Kier molecular flexibility index (Phi) is 5.51. The number of rotatable bonds is 6. The zero-order valence-corrected chi connectivity index (χ0v) is 11.5. The number of nitriles is 2. The molecule has 0 fully saturated rings. The molecule has 3 N–H and O–H groups in total. The molecule has 0 radical (unpaired) electrons. The van der Waals surface area contributed by atoms with Gasteiger partial charge in [0.1, 0.15) is 5.92 Å². The van der Waals surface area contributed by atoms with Crippen molar-refractivity contribution >= 4 is 0 Å². The molecule has 1 unspecified atom stereocenters. The van der Waals surface area contributed by atoms with E-state index in [9.17, 15) is 0 Å². The molecule has 1 aromatic carbocycles. The van der Waals surface area contributed by atoms with Crippen molar-refractivity contribution in [2.45, 2.75) is 32.4 Å². The zero-order chi connectivity index (χ0) is 14.3. The van der Waals surface area contributed by atoms with Gasteiger partial charge in [-0.25, -0.2) is 0 Å². The summed E-state index contributed by atoms with van der Waals surface area (Å²) in [5.41, 5.74) is 7.95. The molecular weight excluding hydrogens is 236 g/mol. The Balaban J connectivity index is 2.97. The van der Waals surface area contributed by atoms with Crippen molar-refractivity contribution in [1.29, 1.82) is 10.5 Å². The van der Waals surface area contributed by atoms with Crippen LogP contribution in [0.15, 0.2) is 24.3 Å². The van der Waals surface area contributed by atoms with E-state index >= 15 is 0 Å². The minimum atomic E-state index is -0.696. The Morgan fingerprint density at radius 2 is 1.89 bits per heavy atom. The minimum Gasteiger partial charge on any atom is -0.310 e. The van der Waals surface area contributed by atoms with Crippen LogP contribution in [0, 0.1) is 28.6 Å². The standard InChI is InChI=1S/C15H20N4/c1-3-13-7-5-6-8-14(13)15(18,4-2)19-11-12(9-16)10-17/h5-8,12,19H,3-4,11,18H2,1-2H3. The molecule has 0 aromatic heterocycles. The summed E-state index contributed by atoms with van der Waals surface area (Å²) in [6, 6.07) is 11.9. The fraction of sp³-hybridized carbons (Fsp3) is 0.467. The number of benzene rings is 1. The third-order valence-corrected chi connectivity index (χ3v) is 3.37. The molecule has 0 saturated heterocycles. The number of nitrogens with one attached hydrogen (secondary N) is 1. The molecule has 4 heteroatoms. The summed E-state index contributed by atoms with van der Waals surface area (Å²) >= 11 is 0. The van der Waals surface area contributed by atoms with Crippen LogP contribution in [0.1, 0.15) is 31.4 Å². The van der Waals surface area contributed by atoms with Crippen molar-refractivity contribution in [3.63, 3.8) is 0 Å². The molecule has 4 nitrogen and oxygen atoms in total. The normalized spacial score (nSPS) is 13.6. The van der Waals surface area contributed by atoms with Crippen LogP contribution in [0.2, 0.25) is 0 Å². The number of hydrogen-bond donors (Lipinski definition) is 2. The minimum absolute atomic E-state index is 0.273. The maximum atomic E-state index is 8.81. The summed E-state index contributed by atoms with van der Waals surface area (Å²) < 4.78 is 0. The molecule has 0 aliphatic carbocycles. The summed E-state index contributed by atoms with van der Waals surface area (Å²) in [4.78, 5) is 0. The number of nitrogens with zero attached hydrogens (tertiary/aromatic N) is 2. The Hall–Kier alpha value is -1.88. The van der Waals surface area contributed by atoms with Gasteiger partial charge in [-0.05, 0) is 24.0 Å². The lowest BCUT2D eigenvalue weighted by Gasteiger charge is -2.32. The Labute approximate surface area is 114 Å². The lowest BCUT2D eigenvalue weighted by molar-refractivity contribution is 0.325. The van der Waals surface area contributed by atoms with Gasteiger partial charge >= 0.3 is 0 Å². The molecule has 100 valence electrons. The van der Waals surface area contributed by atoms with Crippen molar-refractivity contribution in [1.82, 2.24) is 5.32 Å². The van der Waals surface area contributed by atoms with Gasteiger partial charge in [0.05, 0.1) is 17.8 Å². The predicted molar refractivity (Wildman–Crippen MR) is 74.7 cm³/mol. The number of nitrogens with two attached hydrogens (primary N) is 1. The molecule has 0 aliphatic rings. The van der Waals surface area contributed by atoms with Crippen LogP contribution < -0.4 is 11.1 Å². The highest BCUT2D eigenvalue weighted by Gasteiger charge is 2.27. The van der Waals surface area contributed by atoms with Crippen LogP contribution in [-0.4, -0.2) is 6.54 Å². The topological polar surface area (TPSA) is 85.6 Å². The van der Waals surface area contributed by atoms with Crippen LogP contribution >= 0.6 is 0 Å². The number of aryl methyl sites for hydroxylation is 1. The predicted octanol–water partition coefficient (Wildman–Crippen LogP) is 2.02. The van der Waals surface area contributed by atoms with Crippen LogP contribution in [0.25, 0.3) is 0 Å². The van der Waals surface area contributed by atoms with Crippen molar-refractivity contribution in [3.05, 3.63) is 35.4 Å². The van der Waals surface area contributed by atoms with Gasteiger partial charge in [0.15, 0.2) is 0 Å². The molecule has 0 saturated carbocycles. The van der Waals surface area contributed by atoms with Gasteiger partial charge in [0.25, 0.3) is 0 Å². The summed E-state index contributed by atoms with van der Waals surface area (Å²) in [5.74, 6) is -0.678. The van der Waals surface area contributed by atoms with Crippen molar-refractivity contribution in [3.8, 4) is 12.1 Å². The van der Waals surface area contributed by atoms with E-state index in [-0.39, 0.29) is 6.54 Å². The quantitative estimate of drug-likeness (QED) is 0.762. The summed E-state index contributed by atoms with van der Waals surface area (Å²) in [5, 5.41) is 20.8. The SMILES string of the molecule is CCc1ccccc1C(N)(CC)NCC(C#N)C#N. The summed E-state index contributed by atoms with van der Waals surface area (Å²) in [7, 11) is 0. The van der Waals surface area contributed by atoms with Gasteiger partial charge < -0.3 is 5.73 Å². The Morgan fingerprint density at radius 3 is 2.42 bits per heavy atom. The smallest absolute Gasteiger partial charge is 0.145 e. The maximum absolute atomic E-state index is 8.81. The fourth-order valence-corrected chi connectivity index (χ4v) is 2.08. The van der Waals surface area contributed by atoms with Crippen LogP contribution in [-0.2, 0) is 12.1 Å². The molecule has 1 aromatic rings. The van der Waals surface area contributed by atoms with Gasteiger partial charge in [-0.2, -0.15) is 10.5 Å². The first-order valence-corrected chi connectivity index (χ1v) is 6.52. The molecule has 0 amide bonds. The Bertz CT molecular complexity index is 484. The first-order chi connectivity index (χ1) is 9.11. The van der Waals surface area contributed by atoms with Gasteiger partial charge in [-0.15, -0.1) is 0 Å². The van der Waals surface area contributed by atoms with Crippen molar-refractivity contribution in [2.75, 3.05) is 6.54 Å². The molecule has 19 heavy (non-hydrogen) atoms. The second-order valence-electron chi connectivity index (χ2n) is 4.53. The highest BCUT2D eigenvalue weighted by molar-refractivity contribution is 5.33. The van der Waals surface area contributed by atoms with E-state index in [1.165, 1.54) is 5.56 Å². The van der Waals surface area contributed by atoms with Gasteiger partial charge in [0, 0.05) is 6.54 Å². The first kappa shape index (κ1) is 15.2. The van der Waals surface area contributed by atoms with Crippen molar-refractivity contribution in [2.24, 2.45) is 11.7 Å². The third-order valence-electron chi connectivity index (χ3n) is 3.37. The fourth-order valence-electron chi connectivity index (χ4n) is 2.08. The van der Waals surface area contributed by atoms with E-state index in [0.29, 0.717) is 6.42 Å². The van der Waals surface area contributed by atoms with E-state index in [0.717, 1.165) is 12.0 Å². The highest BCUT2D eigenvalue weighted by atomic mass is 15.1.